The summed E-state index contributed by atoms with van der Waals surface area (Å²) in [6, 6.07) is -0.918. The number of nitrogens with one attached hydrogen (secondary N) is 1. The Balaban J connectivity index is 5.15. The molecule has 478 valence electrons. The number of amides is 1. The highest BCUT2D eigenvalue weighted by atomic mass is 31.2. The molecule has 0 aromatic heterocycles. The van der Waals surface area contributed by atoms with E-state index in [1.54, 1.807) is 0 Å². The van der Waals surface area contributed by atoms with E-state index in [0.29, 0.717) is 23.9 Å². The van der Waals surface area contributed by atoms with Crippen molar-refractivity contribution in [3.8, 4) is 0 Å². The Kier molecular flexibility index (Phi) is 59.3. The monoisotopic (exact) mass is 1180 g/mol. The van der Waals surface area contributed by atoms with Gasteiger partial charge in [0, 0.05) is 12.8 Å². The van der Waals surface area contributed by atoms with Gasteiger partial charge in [-0.25, -0.2) is 0 Å². The van der Waals surface area contributed by atoms with Crippen LogP contribution in [0, 0.1) is 0 Å². The van der Waals surface area contributed by atoms with Crippen LogP contribution in [0.25, 0.3) is 0 Å². The molecule has 1 amide bonds. The minimum absolute atomic E-state index is 0.0354. The van der Waals surface area contributed by atoms with Gasteiger partial charge in [-0.3, -0.25) is 14.2 Å². The van der Waals surface area contributed by atoms with Crippen LogP contribution < -0.4 is 10.2 Å². The molecule has 0 aliphatic rings. The predicted molar refractivity (Wildman–Crippen MR) is 357 cm³/mol. The van der Waals surface area contributed by atoms with Crippen molar-refractivity contribution in [2.75, 3.05) is 40.9 Å². The van der Waals surface area contributed by atoms with Crippen LogP contribution in [0.1, 0.15) is 290 Å². The maximum Gasteiger partial charge on any atom is 0.306 e. The SMILES string of the molecule is CC/C=C\C/C=C\C/C=C\C/C=C\C/C=C\CCCC(=O)OC(/C=C\CCCCCCCCCCCCC)C(COP(=O)([O-])OCC[N+](C)(C)C)NC(=O)CCCCCCCCCCCCCCCC/C=C\C/C=C\C/C=C\CCCCC. The van der Waals surface area contributed by atoms with Crippen LogP contribution in [0.4, 0.5) is 0 Å². The minimum Gasteiger partial charge on any atom is -0.756 e. The molecule has 9 nitrogen and oxygen atoms in total. The van der Waals surface area contributed by atoms with Crippen molar-refractivity contribution in [3.63, 3.8) is 0 Å². The lowest BCUT2D eigenvalue weighted by molar-refractivity contribution is -0.870. The van der Waals surface area contributed by atoms with Gasteiger partial charge in [0.05, 0.1) is 33.8 Å². The van der Waals surface area contributed by atoms with E-state index in [9.17, 15) is 19.0 Å². The fourth-order valence-corrected chi connectivity index (χ4v) is 10.2. The summed E-state index contributed by atoms with van der Waals surface area (Å²) < 4.78 is 30.3. The van der Waals surface area contributed by atoms with E-state index >= 15 is 0 Å². The lowest BCUT2D eigenvalue weighted by Gasteiger charge is -2.30. The van der Waals surface area contributed by atoms with Gasteiger partial charge in [-0.1, -0.05) is 278 Å². The number of likely N-dealkylation sites (N-methyl/N-ethyl adjacent to an activating group) is 1. The zero-order valence-corrected chi connectivity index (χ0v) is 55.5. The average molecular weight is 1180 g/mol. The number of phosphoric ester groups is 1. The van der Waals surface area contributed by atoms with Crippen molar-refractivity contribution in [3.05, 3.63) is 109 Å². The first kappa shape index (κ1) is 79.7. The number of carbonyl (C=O) groups is 2. The highest BCUT2D eigenvalue weighted by Crippen LogP contribution is 2.38. The fraction of sp³-hybridized carbons (Fsp3) is 0.726. The summed E-state index contributed by atoms with van der Waals surface area (Å²) in [4.78, 5) is 40.1. The third-order valence-electron chi connectivity index (χ3n) is 14.7. The van der Waals surface area contributed by atoms with Crippen LogP contribution in [0.2, 0.25) is 0 Å². The van der Waals surface area contributed by atoms with Gasteiger partial charge in [0.25, 0.3) is 7.82 Å². The zero-order valence-electron chi connectivity index (χ0n) is 54.6. The number of rotatable bonds is 61. The maximum absolute atomic E-state index is 13.6. The second-order valence-electron chi connectivity index (χ2n) is 23.9. The van der Waals surface area contributed by atoms with Crippen molar-refractivity contribution >= 4 is 19.7 Å². The Morgan fingerprint density at radius 2 is 0.783 bits per heavy atom. The topological polar surface area (TPSA) is 114 Å². The lowest BCUT2D eigenvalue weighted by Crippen LogP contribution is -2.47. The molecule has 0 aliphatic heterocycles. The van der Waals surface area contributed by atoms with Gasteiger partial charge >= 0.3 is 5.97 Å². The number of quaternary nitrogens is 1. The standard InChI is InChI=1S/C73H129N2O7P/c1-7-10-13-16-19-22-25-28-30-32-33-34-35-36-37-38-39-40-41-43-44-47-50-53-56-59-62-65-72(76)74-70(69-81-83(78,79)80-68-67-75(4,5)6)71(64-61-58-55-52-49-46-27-24-21-18-15-12-9-3)82-73(77)66-63-60-57-54-51-48-45-42-31-29-26-23-20-17-14-11-8-2/h11,14,19-20,22-23,28-31,33-34,45,48,54,57,61,64,70-71H,7-10,12-13,15-18,21,24-27,32,35-44,46-47,49-53,55-56,58-60,62-63,65-69H2,1-6H3,(H-,74,76,78,79)/b14-11-,22-19-,23-20-,30-28-,31-29-,34-33-,48-45-,57-54-,64-61-. The van der Waals surface area contributed by atoms with E-state index in [-0.39, 0.29) is 18.9 Å². The second-order valence-corrected chi connectivity index (χ2v) is 25.4. The molecule has 0 heterocycles. The van der Waals surface area contributed by atoms with Crippen molar-refractivity contribution in [2.45, 2.75) is 303 Å². The summed E-state index contributed by atoms with van der Waals surface area (Å²) in [6.07, 6.45) is 85.0. The molecule has 0 fully saturated rings. The van der Waals surface area contributed by atoms with Gasteiger partial charge in [0.1, 0.15) is 19.3 Å². The summed E-state index contributed by atoms with van der Waals surface area (Å²) in [7, 11) is 1.15. The number of hydrogen-bond donors (Lipinski definition) is 1. The Hall–Kier alpha value is -3.33. The number of hydrogen-bond acceptors (Lipinski definition) is 7. The van der Waals surface area contributed by atoms with Crippen LogP contribution in [0.15, 0.2) is 109 Å². The molecular formula is C73H129N2O7P. The summed E-state index contributed by atoms with van der Waals surface area (Å²) in [5, 5.41) is 3.02. The Labute approximate surface area is 512 Å². The molecule has 83 heavy (non-hydrogen) atoms. The van der Waals surface area contributed by atoms with Gasteiger partial charge in [0.2, 0.25) is 5.91 Å². The molecular weight excluding hydrogens is 1050 g/mol. The molecule has 0 aromatic carbocycles. The van der Waals surface area contributed by atoms with Crippen LogP contribution in [-0.4, -0.2) is 69.4 Å². The largest absolute Gasteiger partial charge is 0.756 e. The van der Waals surface area contributed by atoms with Gasteiger partial charge in [-0.15, -0.1) is 0 Å². The highest BCUT2D eigenvalue weighted by Gasteiger charge is 2.27. The molecule has 0 spiro atoms. The van der Waals surface area contributed by atoms with Gasteiger partial charge in [-0.05, 0) is 109 Å². The zero-order chi connectivity index (χ0) is 60.7. The van der Waals surface area contributed by atoms with Crippen LogP contribution in [0.3, 0.4) is 0 Å². The van der Waals surface area contributed by atoms with Crippen molar-refractivity contribution in [1.82, 2.24) is 5.32 Å². The summed E-state index contributed by atoms with van der Waals surface area (Å²) in [5.74, 6) is -0.609. The van der Waals surface area contributed by atoms with E-state index < -0.39 is 32.5 Å². The normalized spacial score (nSPS) is 14.3. The van der Waals surface area contributed by atoms with Crippen LogP contribution >= 0.6 is 7.82 Å². The van der Waals surface area contributed by atoms with Gasteiger partial charge in [-0.2, -0.15) is 0 Å². The molecule has 3 atom stereocenters. The molecule has 0 bridgehead atoms. The van der Waals surface area contributed by atoms with E-state index in [2.05, 4.69) is 123 Å². The third-order valence-corrected chi connectivity index (χ3v) is 15.7. The number of nitrogens with zero attached hydrogens (tertiary/aromatic N) is 1. The molecule has 0 rings (SSSR count). The lowest BCUT2D eigenvalue weighted by atomic mass is 10.0. The molecule has 0 radical (unpaired) electrons. The number of carbonyl (C=O) groups excluding carboxylic acids is 2. The molecule has 0 saturated carbocycles. The predicted octanol–water partition coefficient (Wildman–Crippen LogP) is 21.0. The first-order valence-electron chi connectivity index (χ1n) is 34.2. The summed E-state index contributed by atoms with van der Waals surface area (Å²) in [6.45, 7) is 6.68. The second kappa shape index (κ2) is 61.7. The first-order chi connectivity index (χ1) is 40.4. The molecule has 0 aromatic rings. The number of unbranched alkanes of at least 4 members (excludes halogenated alkanes) is 29. The fourth-order valence-electron chi connectivity index (χ4n) is 9.45. The molecule has 1 N–H and O–H groups in total. The van der Waals surface area contributed by atoms with Crippen molar-refractivity contribution in [1.29, 1.82) is 0 Å². The third kappa shape index (κ3) is 63.0. The smallest absolute Gasteiger partial charge is 0.306 e. The summed E-state index contributed by atoms with van der Waals surface area (Å²) >= 11 is 0. The van der Waals surface area contributed by atoms with E-state index in [4.69, 9.17) is 13.8 Å². The van der Waals surface area contributed by atoms with Crippen molar-refractivity contribution < 1.29 is 37.3 Å². The van der Waals surface area contributed by atoms with Crippen LogP contribution in [-0.2, 0) is 27.9 Å². The van der Waals surface area contributed by atoms with E-state index in [1.165, 1.54) is 154 Å². The number of phosphoric acid groups is 1. The van der Waals surface area contributed by atoms with Gasteiger partial charge < -0.3 is 28.5 Å². The first-order valence-corrected chi connectivity index (χ1v) is 35.7. The maximum atomic E-state index is 13.6. The number of ether oxygens (including phenoxy) is 1. The molecule has 3 unspecified atom stereocenters. The molecule has 10 heteroatoms. The average Bonchev–Trinajstić information content (AvgIpc) is 3.47. The van der Waals surface area contributed by atoms with Crippen LogP contribution in [0.5, 0.6) is 0 Å². The molecule has 0 saturated heterocycles. The Morgan fingerprint density at radius 3 is 1.20 bits per heavy atom. The molecule has 0 aliphatic carbocycles. The number of allylic oxidation sites excluding steroid dienone is 17. The summed E-state index contributed by atoms with van der Waals surface area (Å²) in [5.41, 5.74) is 0. The Bertz CT molecular complexity index is 1790. The van der Waals surface area contributed by atoms with E-state index in [1.807, 2.05) is 33.3 Å². The van der Waals surface area contributed by atoms with Gasteiger partial charge in [0.15, 0.2) is 0 Å². The highest BCUT2D eigenvalue weighted by molar-refractivity contribution is 7.45. The number of esters is 1. The van der Waals surface area contributed by atoms with Crippen molar-refractivity contribution in [2.24, 2.45) is 0 Å². The minimum atomic E-state index is -4.72. The van der Waals surface area contributed by atoms with E-state index in [0.717, 1.165) is 96.3 Å². The quantitative estimate of drug-likeness (QED) is 0.0212. The Morgan fingerprint density at radius 1 is 0.434 bits per heavy atom.